The first-order valence-corrected chi connectivity index (χ1v) is 3.18. The third-order valence-electron chi connectivity index (χ3n) is 1.24. The molecule has 10 heavy (non-hydrogen) atoms. The highest BCUT2D eigenvalue weighted by Crippen LogP contribution is 2.10. The molecule has 0 fully saturated rings. The largest absolute Gasteiger partial charge is 0.300 e. The maximum Gasteiger partial charge on any atom is 0.231 e. The van der Waals surface area contributed by atoms with E-state index in [1.165, 1.54) is 6.08 Å². The van der Waals surface area contributed by atoms with E-state index in [1.807, 2.05) is 0 Å². The Kier molecular flexibility index (Phi) is 4.27. The van der Waals surface area contributed by atoms with Gasteiger partial charge in [-0.1, -0.05) is 6.08 Å². The van der Waals surface area contributed by atoms with E-state index in [0.29, 0.717) is 0 Å². The molecule has 0 bridgehead atoms. The first kappa shape index (κ1) is 9.62. The number of nitrogens with two attached hydrogens (primary N) is 1. The Bertz CT molecular complexity index is 138. The summed E-state index contributed by atoms with van der Waals surface area (Å²) >= 11 is 5.17. The fourth-order valence-corrected chi connectivity index (χ4v) is 0.820. The number of carbonyl (C=O) groups is 1. The summed E-state index contributed by atoms with van der Waals surface area (Å²) in [6.07, 6.45) is 0.995. The van der Waals surface area contributed by atoms with Gasteiger partial charge in [0.25, 0.3) is 0 Å². The molecule has 0 radical (unpaired) electrons. The molecule has 0 aromatic rings. The third kappa shape index (κ3) is 2.47. The smallest absolute Gasteiger partial charge is 0.231 e. The summed E-state index contributed by atoms with van der Waals surface area (Å²) in [7, 11) is 0. The molecule has 0 rings (SSSR count). The molecule has 0 saturated carbocycles. The fraction of sp³-hybridized carbons (Fsp3) is 0.500. The van der Waals surface area contributed by atoms with Crippen LogP contribution in [0.5, 0.6) is 0 Å². The lowest BCUT2D eigenvalue weighted by Gasteiger charge is -2.13. The molecule has 4 heteroatoms. The van der Waals surface area contributed by atoms with Gasteiger partial charge >= 0.3 is 0 Å². The van der Waals surface area contributed by atoms with Gasteiger partial charge in [0.1, 0.15) is 0 Å². The van der Waals surface area contributed by atoms with E-state index in [0.717, 1.165) is 0 Å². The molecule has 3 nitrogen and oxygen atoms in total. The van der Waals surface area contributed by atoms with Gasteiger partial charge in [-0.25, -0.2) is 5.90 Å². The Morgan fingerprint density at radius 1 is 1.90 bits per heavy atom. The van der Waals surface area contributed by atoms with E-state index in [2.05, 4.69) is 11.4 Å². The summed E-state index contributed by atoms with van der Waals surface area (Å²) in [5, 5.41) is -0.507. The molecule has 0 aliphatic heterocycles. The summed E-state index contributed by atoms with van der Waals surface area (Å²) in [4.78, 5) is 14.9. The maximum absolute atomic E-state index is 10.5. The van der Waals surface area contributed by atoms with Crippen molar-refractivity contribution in [1.82, 2.24) is 0 Å². The van der Waals surface area contributed by atoms with Gasteiger partial charge in [-0.2, -0.15) is 0 Å². The lowest BCUT2D eigenvalue weighted by atomic mass is 10.1. The Hall–Kier alpha value is -0.380. The van der Waals surface area contributed by atoms with Crippen molar-refractivity contribution < 1.29 is 9.63 Å². The molecule has 0 saturated heterocycles. The van der Waals surface area contributed by atoms with Crippen molar-refractivity contribution >= 4 is 16.8 Å². The molecule has 0 aliphatic carbocycles. The van der Waals surface area contributed by atoms with Crippen molar-refractivity contribution in [2.24, 2.45) is 11.8 Å². The summed E-state index contributed by atoms with van der Waals surface area (Å²) in [5.41, 5.74) is 0. The summed E-state index contributed by atoms with van der Waals surface area (Å²) in [6, 6.07) is 0. The van der Waals surface area contributed by atoms with Crippen LogP contribution >= 0.6 is 11.6 Å². The average molecular weight is 164 g/mol. The second-order valence-electron chi connectivity index (χ2n) is 1.91. The zero-order valence-electron chi connectivity index (χ0n) is 5.71. The van der Waals surface area contributed by atoms with E-state index in [9.17, 15) is 4.79 Å². The molecular weight excluding hydrogens is 154 g/mol. The highest BCUT2D eigenvalue weighted by molar-refractivity contribution is 6.64. The van der Waals surface area contributed by atoms with Gasteiger partial charge < -0.3 is 4.84 Å². The predicted octanol–water partition coefficient (Wildman–Crippen LogP) is 0.833. The van der Waals surface area contributed by atoms with Gasteiger partial charge in [0, 0.05) is 0 Å². The molecule has 0 amide bonds. The highest BCUT2D eigenvalue weighted by Gasteiger charge is 2.19. The fourth-order valence-electron chi connectivity index (χ4n) is 0.553. The molecular formula is C6H10ClNO2. The van der Waals surface area contributed by atoms with Crippen molar-refractivity contribution in [2.45, 2.75) is 13.0 Å². The summed E-state index contributed by atoms with van der Waals surface area (Å²) in [6.45, 7) is 5.06. The van der Waals surface area contributed by atoms with Crippen LogP contribution in [-0.2, 0) is 9.63 Å². The second kappa shape index (κ2) is 4.44. The SMILES string of the molecule is C=CC(C(=O)Cl)C(C)ON. The molecule has 0 aliphatic rings. The number of carbonyl (C=O) groups excluding carboxylic acids is 1. The zero-order chi connectivity index (χ0) is 8.15. The van der Waals surface area contributed by atoms with E-state index in [1.54, 1.807) is 6.92 Å². The van der Waals surface area contributed by atoms with Crippen LogP contribution in [0.1, 0.15) is 6.92 Å². The van der Waals surface area contributed by atoms with E-state index in [-0.39, 0.29) is 0 Å². The minimum absolute atomic E-state index is 0.414. The van der Waals surface area contributed by atoms with Crippen molar-refractivity contribution in [3.05, 3.63) is 12.7 Å². The van der Waals surface area contributed by atoms with E-state index < -0.39 is 17.3 Å². The van der Waals surface area contributed by atoms with Crippen LogP contribution in [0, 0.1) is 5.92 Å². The lowest BCUT2D eigenvalue weighted by molar-refractivity contribution is -0.117. The van der Waals surface area contributed by atoms with Crippen molar-refractivity contribution in [3.63, 3.8) is 0 Å². The number of halogens is 1. The molecule has 2 atom stereocenters. The topological polar surface area (TPSA) is 52.3 Å². The minimum Gasteiger partial charge on any atom is -0.300 e. The molecule has 0 aromatic carbocycles. The van der Waals surface area contributed by atoms with Crippen LogP contribution in [0.3, 0.4) is 0 Å². The number of hydrogen-bond donors (Lipinski definition) is 1. The first-order chi connectivity index (χ1) is 4.63. The Morgan fingerprint density at radius 3 is 2.50 bits per heavy atom. The van der Waals surface area contributed by atoms with Gasteiger partial charge in [-0.3, -0.25) is 4.79 Å². The van der Waals surface area contributed by atoms with Crippen molar-refractivity contribution in [2.75, 3.05) is 0 Å². The standard InChI is InChI=1S/C6H10ClNO2/c1-3-5(6(7)9)4(2)10-8/h3-5H,1,8H2,2H3. The first-order valence-electron chi connectivity index (χ1n) is 2.81. The molecule has 2 unspecified atom stereocenters. The monoisotopic (exact) mass is 163 g/mol. The lowest BCUT2D eigenvalue weighted by Crippen LogP contribution is -2.26. The van der Waals surface area contributed by atoms with E-state index in [4.69, 9.17) is 17.5 Å². The van der Waals surface area contributed by atoms with Crippen molar-refractivity contribution in [1.29, 1.82) is 0 Å². The third-order valence-corrected chi connectivity index (χ3v) is 1.49. The average Bonchev–Trinajstić information content (AvgIpc) is 1.88. The number of hydrogen-bond acceptors (Lipinski definition) is 3. The van der Waals surface area contributed by atoms with Crippen LogP contribution in [0.25, 0.3) is 0 Å². The van der Waals surface area contributed by atoms with Crippen LogP contribution in [-0.4, -0.2) is 11.3 Å². The van der Waals surface area contributed by atoms with Gasteiger partial charge in [-0.15, -0.1) is 6.58 Å². The normalized spacial score (nSPS) is 15.9. The molecule has 0 spiro atoms. The van der Waals surface area contributed by atoms with Crippen molar-refractivity contribution in [3.8, 4) is 0 Å². The zero-order valence-corrected chi connectivity index (χ0v) is 6.47. The van der Waals surface area contributed by atoms with Gasteiger partial charge in [-0.05, 0) is 18.5 Å². The molecule has 0 heterocycles. The van der Waals surface area contributed by atoms with Crippen LogP contribution in [0.2, 0.25) is 0 Å². The quantitative estimate of drug-likeness (QED) is 0.380. The van der Waals surface area contributed by atoms with Gasteiger partial charge in [0.05, 0.1) is 12.0 Å². The Labute approximate surface area is 64.7 Å². The van der Waals surface area contributed by atoms with Crippen LogP contribution < -0.4 is 5.90 Å². The molecule has 2 N–H and O–H groups in total. The maximum atomic E-state index is 10.5. The predicted molar refractivity (Wildman–Crippen MR) is 39.3 cm³/mol. The summed E-state index contributed by atoms with van der Waals surface area (Å²) < 4.78 is 0. The highest BCUT2D eigenvalue weighted by atomic mass is 35.5. The van der Waals surface area contributed by atoms with Gasteiger partial charge in [0.15, 0.2) is 0 Å². The Morgan fingerprint density at radius 2 is 2.40 bits per heavy atom. The van der Waals surface area contributed by atoms with Gasteiger partial charge in [0.2, 0.25) is 5.24 Å². The molecule has 0 aromatic heterocycles. The summed E-state index contributed by atoms with van der Waals surface area (Å²) in [5.74, 6) is 4.31. The number of rotatable bonds is 4. The second-order valence-corrected chi connectivity index (χ2v) is 2.28. The van der Waals surface area contributed by atoms with E-state index >= 15 is 0 Å². The minimum atomic E-state index is -0.522. The van der Waals surface area contributed by atoms with Crippen LogP contribution in [0.15, 0.2) is 12.7 Å². The van der Waals surface area contributed by atoms with Crippen LogP contribution in [0.4, 0.5) is 0 Å². The Balaban J connectivity index is 4.05. The molecule has 58 valence electrons.